The summed E-state index contributed by atoms with van der Waals surface area (Å²) in [5.74, 6) is 1.47. The average molecular weight is 827 g/mol. The smallest absolute Gasteiger partial charge is 0.161 e. The van der Waals surface area contributed by atoms with Gasteiger partial charge < -0.3 is 0 Å². The van der Waals surface area contributed by atoms with Gasteiger partial charge >= 0.3 is 0 Å². The van der Waals surface area contributed by atoms with Crippen molar-refractivity contribution in [2.45, 2.75) is 0 Å². The van der Waals surface area contributed by atoms with Crippen molar-refractivity contribution >= 4 is 63.3 Å². The minimum atomic E-state index is 0.736. The maximum atomic E-state index is 5.26. The first-order chi connectivity index (χ1) is 30.7. The molecule has 0 saturated heterocycles. The second kappa shape index (κ2) is 15.1. The van der Waals surface area contributed by atoms with Gasteiger partial charge in [-0.25, -0.2) is 19.9 Å². The Morgan fingerprint density at radius 1 is 0.258 bits per heavy atom. The number of fused-ring (bicyclic) bond motifs is 6. The van der Waals surface area contributed by atoms with Crippen molar-refractivity contribution in [1.29, 1.82) is 0 Å². The van der Waals surface area contributed by atoms with Crippen LogP contribution in [0.15, 0.2) is 206 Å². The molecular weight excluding hydrogens is 793 g/mol. The third kappa shape index (κ3) is 6.45. The van der Waals surface area contributed by atoms with E-state index in [1.807, 2.05) is 36.4 Å². The first kappa shape index (κ1) is 36.2. The van der Waals surface area contributed by atoms with Crippen molar-refractivity contribution in [1.82, 2.24) is 19.9 Å². The fourth-order valence-corrected chi connectivity index (χ4v) is 10.7. The molecule has 290 valence electrons. The standard InChI is InChI=1S/C56H34N4S2/c1-3-15-35(16-4-1)53-57-51(49-45-27-7-9-29-47(45)61-55(49)59-53)43-25-13-23-41(33-43)39-21-11-19-37(31-39)38-20-12-22-40(32-38)42-24-14-26-44(34-42)52-50-46-28-8-10-30-48(46)62-56(50)60-54(58-52)36-17-5-2-6-18-36/h1-34H. The Labute approximate surface area is 366 Å². The van der Waals surface area contributed by atoms with Gasteiger partial charge in [-0.1, -0.05) is 170 Å². The molecule has 0 spiro atoms. The predicted octanol–water partition coefficient (Wildman–Crippen LogP) is 15.7. The molecule has 4 nitrogen and oxygen atoms in total. The summed E-state index contributed by atoms with van der Waals surface area (Å²) in [7, 11) is 0. The Hall–Kier alpha value is -7.64. The summed E-state index contributed by atoms with van der Waals surface area (Å²) >= 11 is 3.45. The highest BCUT2D eigenvalue weighted by molar-refractivity contribution is 7.26. The lowest BCUT2D eigenvalue weighted by Crippen LogP contribution is -1.94. The second-order valence-electron chi connectivity index (χ2n) is 15.4. The van der Waals surface area contributed by atoms with E-state index in [9.17, 15) is 0 Å². The van der Waals surface area contributed by atoms with E-state index in [1.54, 1.807) is 22.7 Å². The van der Waals surface area contributed by atoms with Crippen LogP contribution >= 0.6 is 22.7 Å². The molecule has 0 amide bonds. The summed E-state index contributed by atoms with van der Waals surface area (Å²) in [5, 5.41) is 4.56. The molecule has 12 aromatic rings. The van der Waals surface area contributed by atoms with Gasteiger partial charge in [0.25, 0.3) is 0 Å². The van der Waals surface area contributed by atoms with Gasteiger partial charge in [-0.3, -0.25) is 0 Å². The molecule has 0 aliphatic carbocycles. The summed E-state index contributed by atoms with van der Waals surface area (Å²) in [6.45, 7) is 0. The molecule has 12 rings (SSSR count). The normalized spacial score (nSPS) is 11.5. The van der Waals surface area contributed by atoms with Crippen molar-refractivity contribution in [3.05, 3.63) is 206 Å². The fraction of sp³-hybridized carbons (Fsp3) is 0. The minimum Gasteiger partial charge on any atom is -0.227 e. The van der Waals surface area contributed by atoms with E-state index in [1.165, 1.54) is 20.2 Å². The third-order valence-corrected chi connectivity index (χ3v) is 13.7. The Morgan fingerprint density at radius 2 is 0.565 bits per heavy atom. The van der Waals surface area contributed by atoms with E-state index in [2.05, 4.69) is 170 Å². The van der Waals surface area contributed by atoms with Crippen LogP contribution < -0.4 is 0 Å². The fourth-order valence-electron chi connectivity index (χ4n) is 8.55. The van der Waals surface area contributed by atoms with Gasteiger partial charge in [0, 0.05) is 53.2 Å². The summed E-state index contributed by atoms with van der Waals surface area (Å²) in [6.07, 6.45) is 0. The molecule has 8 aromatic carbocycles. The summed E-state index contributed by atoms with van der Waals surface area (Å²) in [6, 6.07) is 72.9. The van der Waals surface area contributed by atoms with E-state index in [0.29, 0.717) is 0 Å². The number of rotatable bonds is 7. The number of hydrogen-bond acceptors (Lipinski definition) is 6. The highest BCUT2D eigenvalue weighted by atomic mass is 32.1. The highest BCUT2D eigenvalue weighted by Gasteiger charge is 2.19. The van der Waals surface area contributed by atoms with E-state index in [0.717, 1.165) is 99.1 Å². The molecular formula is C56H34N4S2. The maximum absolute atomic E-state index is 5.26. The van der Waals surface area contributed by atoms with E-state index in [-0.39, 0.29) is 0 Å². The molecule has 6 heteroatoms. The molecule has 0 unspecified atom stereocenters. The van der Waals surface area contributed by atoms with Gasteiger partial charge in [-0.2, -0.15) is 0 Å². The van der Waals surface area contributed by atoms with Gasteiger partial charge in [-0.05, 0) is 69.8 Å². The number of benzene rings is 8. The monoisotopic (exact) mass is 826 g/mol. The second-order valence-corrected chi connectivity index (χ2v) is 17.5. The van der Waals surface area contributed by atoms with Crippen molar-refractivity contribution in [2.75, 3.05) is 0 Å². The lowest BCUT2D eigenvalue weighted by Gasteiger charge is -2.12. The summed E-state index contributed by atoms with van der Waals surface area (Å²) < 4.78 is 2.42. The van der Waals surface area contributed by atoms with Gasteiger partial charge in [0.15, 0.2) is 11.6 Å². The molecule has 0 fully saturated rings. The maximum Gasteiger partial charge on any atom is 0.161 e. The van der Waals surface area contributed by atoms with Crippen LogP contribution in [0.25, 0.3) is 119 Å². The van der Waals surface area contributed by atoms with Crippen molar-refractivity contribution in [3.8, 4) is 78.7 Å². The highest BCUT2D eigenvalue weighted by Crippen LogP contribution is 2.42. The van der Waals surface area contributed by atoms with E-state index >= 15 is 0 Å². The molecule has 0 aliphatic rings. The summed E-state index contributed by atoms with van der Waals surface area (Å²) in [5.41, 5.74) is 12.9. The third-order valence-electron chi connectivity index (χ3n) is 11.5. The molecule has 0 saturated carbocycles. The van der Waals surface area contributed by atoms with Crippen LogP contribution in [0.3, 0.4) is 0 Å². The lowest BCUT2D eigenvalue weighted by atomic mass is 9.94. The Balaban J connectivity index is 0.919. The zero-order chi connectivity index (χ0) is 41.0. The Bertz CT molecular complexity index is 3410. The number of hydrogen-bond donors (Lipinski definition) is 0. The van der Waals surface area contributed by atoms with Crippen molar-refractivity contribution in [3.63, 3.8) is 0 Å². The molecule has 0 aliphatic heterocycles. The van der Waals surface area contributed by atoms with E-state index in [4.69, 9.17) is 19.9 Å². The number of nitrogens with zero attached hydrogens (tertiary/aromatic N) is 4. The summed E-state index contributed by atoms with van der Waals surface area (Å²) in [4.78, 5) is 22.7. The van der Waals surface area contributed by atoms with Gasteiger partial charge in [-0.15, -0.1) is 22.7 Å². The molecule has 4 heterocycles. The van der Waals surface area contributed by atoms with Crippen molar-refractivity contribution < 1.29 is 0 Å². The molecule has 0 radical (unpaired) electrons. The van der Waals surface area contributed by atoms with Crippen LogP contribution in [0.5, 0.6) is 0 Å². The molecule has 62 heavy (non-hydrogen) atoms. The SMILES string of the molecule is c1ccc(-c2nc(-c3cccc(-c4cccc(-c5cccc(-c6cccc(-c7nc(-c8ccccc8)nc8sc9ccccc9c78)c6)c5)c4)c3)c3c(n2)sc2ccccc23)cc1. The topological polar surface area (TPSA) is 51.6 Å². The Kier molecular flexibility index (Phi) is 8.84. The van der Waals surface area contributed by atoms with E-state index < -0.39 is 0 Å². The van der Waals surface area contributed by atoms with Crippen LogP contribution in [-0.4, -0.2) is 19.9 Å². The lowest BCUT2D eigenvalue weighted by molar-refractivity contribution is 1.24. The largest absolute Gasteiger partial charge is 0.227 e. The van der Waals surface area contributed by atoms with Gasteiger partial charge in [0.2, 0.25) is 0 Å². The quantitative estimate of drug-likeness (QED) is 0.161. The first-order valence-electron chi connectivity index (χ1n) is 20.6. The Morgan fingerprint density at radius 3 is 0.952 bits per heavy atom. The molecule has 0 bridgehead atoms. The van der Waals surface area contributed by atoms with Gasteiger partial charge in [0.1, 0.15) is 9.66 Å². The molecule has 0 atom stereocenters. The van der Waals surface area contributed by atoms with Crippen LogP contribution in [0.2, 0.25) is 0 Å². The zero-order valence-electron chi connectivity index (χ0n) is 33.2. The predicted molar refractivity (Wildman–Crippen MR) is 261 cm³/mol. The van der Waals surface area contributed by atoms with Crippen LogP contribution in [0.4, 0.5) is 0 Å². The first-order valence-corrected chi connectivity index (χ1v) is 22.2. The zero-order valence-corrected chi connectivity index (χ0v) is 34.9. The minimum absolute atomic E-state index is 0.736. The molecule has 0 N–H and O–H groups in total. The average Bonchev–Trinajstić information content (AvgIpc) is 3.93. The van der Waals surface area contributed by atoms with Crippen LogP contribution in [-0.2, 0) is 0 Å². The van der Waals surface area contributed by atoms with Crippen LogP contribution in [0.1, 0.15) is 0 Å². The molecule has 4 aromatic heterocycles. The number of thiophene rings is 2. The number of aromatic nitrogens is 4. The van der Waals surface area contributed by atoms with Crippen LogP contribution in [0, 0.1) is 0 Å². The van der Waals surface area contributed by atoms with Gasteiger partial charge in [0.05, 0.1) is 11.4 Å². The van der Waals surface area contributed by atoms with Crippen molar-refractivity contribution in [2.24, 2.45) is 0 Å².